The Balaban J connectivity index is 1.86. The number of hydrogen-bond acceptors (Lipinski definition) is 7. The number of nitrogens with one attached hydrogen (secondary N) is 2. The van der Waals surface area contributed by atoms with Crippen molar-refractivity contribution in [3.05, 3.63) is 81.0 Å². The zero-order valence-corrected chi connectivity index (χ0v) is 23.0. The van der Waals surface area contributed by atoms with Gasteiger partial charge in [-0.1, -0.05) is 35.5 Å². The van der Waals surface area contributed by atoms with Crippen molar-refractivity contribution in [2.24, 2.45) is 0 Å². The van der Waals surface area contributed by atoms with Gasteiger partial charge in [0.05, 0.1) is 40.5 Å². The molecule has 3 rings (SSSR count). The number of benzene rings is 2. The average molecular weight is 540 g/mol. The molecule has 0 bridgehead atoms. The molecule has 1 atom stereocenters. The molecule has 0 saturated carbocycles. The molecule has 0 saturated heterocycles. The minimum absolute atomic E-state index is 0.0586. The van der Waals surface area contributed by atoms with Crippen LogP contribution in [0.5, 0.6) is 5.75 Å². The Morgan fingerprint density at radius 1 is 1.14 bits per heavy atom. The van der Waals surface area contributed by atoms with E-state index in [9.17, 15) is 14.9 Å². The molecule has 2 aromatic rings. The van der Waals surface area contributed by atoms with Gasteiger partial charge in [-0.15, -0.1) is 0 Å². The lowest BCUT2D eigenvalue weighted by Crippen LogP contribution is -2.32. The van der Waals surface area contributed by atoms with E-state index in [0.29, 0.717) is 39.2 Å². The van der Waals surface area contributed by atoms with Crippen molar-refractivity contribution >= 4 is 40.9 Å². The number of dihydropyridines is 1. The summed E-state index contributed by atoms with van der Waals surface area (Å²) in [5, 5.41) is 17.2. The van der Waals surface area contributed by atoms with Gasteiger partial charge in [-0.25, -0.2) is 4.79 Å². The number of rotatable bonds is 8. The number of halogens is 1. The Kier molecular flexibility index (Phi) is 9.30. The van der Waals surface area contributed by atoms with Crippen molar-refractivity contribution in [3.63, 3.8) is 0 Å². The van der Waals surface area contributed by atoms with Crippen molar-refractivity contribution in [2.45, 2.75) is 46.1 Å². The van der Waals surface area contributed by atoms with Gasteiger partial charge in [-0.3, -0.25) is 4.79 Å². The highest BCUT2D eigenvalue weighted by molar-refractivity contribution is 8.03. The monoisotopic (exact) mass is 539 g/mol. The maximum Gasteiger partial charge on any atom is 0.337 e. The van der Waals surface area contributed by atoms with Gasteiger partial charge in [0.1, 0.15) is 11.4 Å². The second-order valence-electron chi connectivity index (χ2n) is 9.30. The van der Waals surface area contributed by atoms with Crippen LogP contribution in [-0.4, -0.2) is 29.8 Å². The second kappa shape index (κ2) is 12.2. The Morgan fingerprint density at radius 3 is 2.35 bits per heavy atom. The number of esters is 1. The number of amides is 1. The number of anilines is 1. The summed E-state index contributed by atoms with van der Waals surface area (Å²) >= 11 is 7.29. The molecule has 9 heteroatoms. The first-order valence-electron chi connectivity index (χ1n) is 11.8. The van der Waals surface area contributed by atoms with Gasteiger partial charge in [0.15, 0.2) is 0 Å². The zero-order chi connectivity index (χ0) is 27.2. The highest BCUT2D eigenvalue weighted by Gasteiger charge is 2.37. The van der Waals surface area contributed by atoms with Crippen LogP contribution in [0, 0.1) is 11.3 Å². The van der Waals surface area contributed by atoms with E-state index in [1.165, 1.54) is 11.8 Å². The van der Waals surface area contributed by atoms with E-state index in [4.69, 9.17) is 21.1 Å². The van der Waals surface area contributed by atoms with Crippen LogP contribution in [0.25, 0.3) is 0 Å². The number of allylic oxidation sites excluding steroid dienone is 2. The molecule has 0 aliphatic carbocycles. The Hall–Kier alpha value is -3.41. The average Bonchev–Trinajstić information content (AvgIpc) is 2.83. The third-order valence-corrected chi connectivity index (χ3v) is 6.54. The molecule has 0 radical (unpaired) electrons. The molecule has 1 amide bonds. The van der Waals surface area contributed by atoms with E-state index in [1.54, 1.807) is 76.2 Å². The molecular weight excluding hydrogens is 510 g/mol. The molecule has 0 fully saturated rings. The summed E-state index contributed by atoms with van der Waals surface area (Å²) in [4.78, 5) is 25.9. The fourth-order valence-electron chi connectivity index (χ4n) is 3.75. The lowest BCUT2D eigenvalue weighted by Gasteiger charge is -2.31. The lowest BCUT2D eigenvalue weighted by atomic mass is 9.82. The van der Waals surface area contributed by atoms with Gasteiger partial charge >= 0.3 is 5.97 Å². The Labute approximate surface area is 226 Å². The van der Waals surface area contributed by atoms with E-state index in [0.717, 1.165) is 11.3 Å². The number of thioether (sulfide) groups is 1. The largest absolute Gasteiger partial charge is 0.494 e. The number of ether oxygens (including phenoxy) is 2. The number of carbonyl (C=O) groups is 2. The molecule has 0 aromatic heterocycles. The molecular formula is C28H30ClN3O4S. The first-order chi connectivity index (χ1) is 17.5. The van der Waals surface area contributed by atoms with Crippen molar-refractivity contribution in [1.82, 2.24) is 5.32 Å². The van der Waals surface area contributed by atoms with Crippen molar-refractivity contribution in [3.8, 4) is 11.8 Å². The molecule has 194 valence electrons. The molecule has 7 nitrogen and oxygen atoms in total. The highest BCUT2D eigenvalue weighted by atomic mass is 35.5. The standard InChI is InChI=1S/C28H30ClN3O4S/c1-6-35-21-13-11-20(12-14-21)32-23(33)16-37-26-22(15-30)25(18-7-9-19(29)10-8-18)24(17(2)31-26)27(34)36-28(3,4)5/h7-14,25,31H,6,16H2,1-5H3,(H,32,33). The molecule has 2 aromatic carbocycles. The van der Waals surface area contributed by atoms with Crippen LogP contribution in [-0.2, 0) is 14.3 Å². The fraction of sp³-hybridized carbons (Fsp3) is 0.321. The quantitative estimate of drug-likeness (QED) is 0.388. The van der Waals surface area contributed by atoms with Gasteiger partial charge in [0.2, 0.25) is 5.91 Å². The van der Waals surface area contributed by atoms with E-state index >= 15 is 0 Å². The molecule has 37 heavy (non-hydrogen) atoms. The van der Waals surface area contributed by atoms with Crippen LogP contribution in [0.3, 0.4) is 0 Å². The number of nitrogens with zero attached hydrogens (tertiary/aromatic N) is 1. The van der Waals surface area contributed by atoms with Crippen LogP contribution in [0.4, 0.5) is 5.69 Å². The Morgan fingerprint density at radius 2 is 1.78 bits per heavy atom. The van der Waals surface area contributed by atoms with E-state index < -0.39 is 17.5 Å². The molecule has 1 unspecified atom stereocenters. The molecule has 2 N–H and O–H groups in total. The van der Waals surface area contributed by atoms with Crippen LogP contribution in [0.15, 0.2) is 70.4 Å². The predicted molar refractivity (Wildman–Crippen MR) is 147 cm³/mol. The lowest BCUT2D eigenvalue weighted by molar-refractivity contribution is -0.150. The normalized spacial score (nSPS) is 15.5. The summed E-state index contributed by atoms with van der Waals surface area (Å²) in [6, 6.07) is 16.4. The van der Waals surface area contributed by atoms with Gasteiger partial charge in [0, 0.05) is 16.4 Å². The van der Waals surface area contributed by atoms with Crippen molar-refractivity contribution in [1.29, 1.82) is 5.26 Å². The molecule has 1 aliphatic rings. The van der Waals surface area contributed by atoms with Crippen molar-refractivity contribution < 1.29 is 19.1 Å². The van der Waals surface area contributed by atoms with Crippen LogP contribution in [0.1, 0.15) is 46.1 Å². The first-order valence-corrected chi connectivity index (χ1v) is 13.1. The predicted octanol–water partition coefficient (Wildman–Crippen LogP) is 6.15. The number of hydrogen-bond donors (Lipinski definition) is 2. The minimum Gasteiger partial charge on any atom is -0.494 e. The van der Waals surface area contributed by atoms with Gasteiger partial charge in [-0.2, -0.15) is 5.26 Å². The summed E-state index contributed by atoms with van der Waals surface area (Å²) in [5.74, 6) is -0.634. The maximum atomic E-state index is 13.2. The summed E-state index contributed by atoms with van der Waals surface area (Å²) < 4.78 is 11.1. The molecule has 1 aliphatic heterocycles. The van der Waals surface area contributed by atoms with Crippen LogP contribution >= 0.6 is 23.4 Å². The third-order valence-electron chi connectivity index (χ3n) is 5.27. The SMILES string of the molecule is CCOc1ccc(NC(=O)CSC2=C(C#N)C(c3ccc(Cl)cc3)C(C(=O)OC(C)(C)C)=C(C)N2)cc1. The van der Waals surface area contributed by atoms with Crippen LogP contribution in [0.2, 0.25) is 5.02 Å². The van der Waals surface area contributed by atoms with E-state index in [1.807, 2.05) is 6.92 Å². The van der Waals surface area contributed by atoms with Crippen molar-refractivity contribution in [2.75, 3.05) is 17.7 Å². The van der Waals surface area contributed by atoms with E-state index in [-0.39, 0.29) is 11.7 Å². The van der Waals surface area contributed by atoms with Gasteiger partial charge in [0.25, 0.3) is 0 Å². The van der Waals surface area contributed by atoms with E-state index in [2.05, 4.69) is 16.7 Å². The molecule has 1 heterocycles. The van der Waals surface area contributed by atoms with Gasteiger partial charge in [-0.05, 0) is 76.6 Å². The topological polar surface area (TPSA) is 100 Å². The smallest absolute Gasteiger partial charge is 0.337 e. The fourth-order valence-corrected chi connectivity index (χ4v) is 4.77. The second-order valence-corrected chi connectivity index (χ2v) is 10.7. The number of carbonyl (C=O) groups excluding carboxylic acids is 2. The third kappa shape index (κ3) is 7.54. The number of nitriles is 1. The van der Waals surface area contributed by atoms with Crippen LogP contribution < -0.4 is 15.4 Å². The van der Waals surface area contributed by atoms with Gasteiger partial charge < -0.3 is 20.1 Å². The summed E-state index contributed by atoms with van der Waals surface area (Å²) in [5.41, 5.74) is 1.88. The zero-order valence-electron chi connectivity index (χ0n) is 21.5. The Bertz CT molecular complexity index is 1260. The summed E-state index contributed by atoms with van der Waals surface area (Å²) in [6.07, 6.45) is 0. The first kappa shape index (κ1) is 28.2. The highest BCUT2D eigenvalue weighted by Crippen LogP contribution is 2.41. The molecule has 0 spiro atoms. The summed E-state index contributed by atoms with van der Waals surface area (Å²) in [6.45, 7) is 9.60. The summed E-state index contributed by atoms with van der Waals surface area (Å²) in [7, 11) is 0. The minimum atomic E-state index is -0.709. The maximum absolute atomic E-state index is 13.2.